The van der Waals surface area contributed by atoms with Crippen LogP contribution in [-0.2, 0) is 10.8 Å². The number of hydrogen-bond donors (Lipinski definition) is 5. The molecule has 0 saturated heterocycles. The van der Waals surface area contributed by atoms with E-state index in [0.717, 1.165) is 16.6 Å². The fraction of sp³-hybridized carbons (Fsp3) is 0.176. The Balaban J connectivity index is -0.000000957. The molecule has 11 N–H and O–H groups in total. The van der Waals surface area contributed by atoms with Crippen LogP contribution in [0, 0.1) is 0 Å². The summed E-state index contributed by atoms with van der Waals surface area (Å²) >= 11 is 3.27. The molecule has 11 nitrogen and oxygen atoms in total. The summed E-state index contributed by atoms with van der Waals surface area (Å²) in [5.74, 6) is -2.66. The molecule has 0 spiro atoms. The molecule has 0 aromatic heterocycles. The van der Waals surface area contributed by atoms with Crippen LogP contribution in [0.2, 0.25) is 0 Å². The molecular weight excluding hydrogens is 488 g/mol. The Bertz CT molecular complexity index is 880. The number of amides is 1. The Labute approximate surface area is 183 Å². The average Bonchev–Trinajstić information content (AvgIpc) is 2.58. The summed E-state index contributed by atoms with van der Waals surface area (Å²) in [5.41, 5.74) is 2.92. The Hall–Kier alpha value is -2.71. The SMILES string of the molecule is C/C(=N\NC(=O)c1cc(O)c(O)c(O)c1)c1cc(Br)ccc1O.CS(C)=O.O.O.O. The topological polar surface area (TPSA) is 234 Å². The van der Waals surface area contributed by atoms with Crippen molar-refractivity contribution in [2.75, 3.05) is 12.5 Å². The van der Waals surface area contributed by atoms with E-state index in [1.165, 1.54) is 6.07 Å². The molecule has 0 aliphatic heterocycles. The van der Waals surface area contributed by atoms with Crippen LogP contribution in [0.15, 0.2) is 39.9 Å². The molecule has 0 fully saturated rings. The molecule has 0 aliphatic rings. The van der Waals surface area contributed by atoms with Gasteiger partial charge in [0.15, 0.2) is 17.2 Å². The number of halogens is 1. The van der Waals surface area contributed by atoms with Gasteiger partial charge in [0.05, 0.1) is 5.71 Å². The van der Waals surface area contributed by atoms with E-state index >= 15 is 0 Å². The minimum absolute atomic E-state index is 0. The van der Waals surface area contributed by atoms with Crippen molar-refractivity contribution < 1.29 is 45.9 Å². The van der Waals surface area contributed by atoms with Crippen LogP contribution in [-0.4, -0.2) is 65.2 Å². The Morgan fingerprint density at radius 2 is 1.43 bits per heavy atom. The summed E-state index contributed by atoms with van der Waals surface area (Å²) < 4.78 is 10.3. The minimum atomic E-state index is -0.708. The lowest BCUT2D eigenvalue weighted by molar-refractivity contribution is 0.0954. The predicted molar refractivity (Wildman–Crippen MR) is 118 cm³/mol. The zero-order valence-corrected chi connectivity index (χ0v) is 18.6. The number of rotatable bonds is 3. The van der Waals surface area contributed by atoms with Crippen LogP contribution in [0.4, 0.5) is 0 Å². The van der Waals surface area contributed by atoms with Gasteiger partial charge in [-0.15, -0.1) is 0 Å². The molecule has 2 rings (SSSR count). The maximum Gasteiger partial charge on any atom is 0.271 e. The van der Waals surface area contributed by atoms with E-state index in [2.05, 4.69) is 26.5 Å². The first-order valence-corrected chi connectivity index (χ1v) is 10.1. The number of nitrogens with zero attached hydrogens (tertiary/aromatic N) is 1. The summed E-state index contributed by atoms with van der Waals surface area (Å²) in [5, 5.41) is 41.7. The summed E-state index contributed by atoms with van der Waals surface area (Å²) in [7, 11) is -0.611. The minimum Gasteiger partial charge on any atom is -0.507 e. The molecular formula is C17H25BrN2O9S. The van der Waals surface area contributed by atoms with Crippen molar-refractivity contribution >= 4 is 38.3 Å². The number of phenolic OH excluding ortho intramolecular Hbond substituents is 4. The molecule has 2 aromatic rings. The maximum atomic E-state index is 12.0. The number of carbonyl (C=O) groups is 1. The van der Waals surface area contributed by atoms with E-state index in [1.807, 2.05) is 0 Å². The Morgan fingerprint density at radius 1 is 0.967 bits per heavy atom. The highest BCUT2D eigenvalue weighted by molar-refractivity contribution is 9.10. The van der Waals surface area contributed by atoms with E-state index in [-0.39, 0.29) is 27.7 Å². The van der Waals surface area contributed by atoms with Gasteiger partial charge in [0.2, 0.25) is 0 Å². The van der Waals surface area contributed by atoms with Crippen molar-refractivity contribution in [2.45, 2.75) is 6.92 Å². The quantitative estimate of drug-likeness (QED) is 0.214. The van der Waals surface area contributed by atoms with E-state index in [4.69, 9.17) is 0 Å². The van der Waals surface area contributed by atoms with Crippen molar-refractivity contribution in [2.24, 2.45) is 5.10 Å². The zero-order chi connectivity index (χ0) is 20.7. The number of benzene rings is 2. The maximum absolute atomic E-state index is 12.0. The Kier molecular flexibility index (Phi) is 15.2. The Morgan fingerprint density at radius 3 is 1.90 bits per heavy atom. The van der Waals surface area contributed by atoms with Crippen molar-refractivity contribution in [1.82, 2.24) is 5.43 Å². The third kappa shape index (κ3) is 9.67. The third-order valence-electron chi connectivity index (χ3n) is 3.01. The van der Waals surface area contributed by atoms with E-state index < -0.39 is 34.0 Å². The average molecular weight is 513 g/mol. The molecule has 0 aliphatic carbocycles. The normalized spacial score (nSPS) is 9.83. The van der Waals surface area contributed by atoms with E-state index in [9.17, 15) is 29.4 Å². The molecule has 0 unspecified atom stereocenters. The second kappa shape index (κ2) is 14.3. The first kappa shape index (κ1) is 32.0. The third-order valence-corrected chi connectivity index (χ3v) is 3.50. The van der Waals surface area contributed by atoms with Crippen LogP contribution >= 0.6 is 15.9 Å². The van der Waals surface area contributed by atoms with Gasteiger partial charge in [-0.2, -0.15) is 5.10 Å². The van der Waals surface area contributed by atoms with Gasteiger partial charge in [0.1, 0.15) is 5.75 Å². The smallest absolute Gasteiger partial charge is 0.271 e. The summed E-state index contributed by atoms with van der Waals surface area (Å²) in [6, 6.07) is 6.76. The lowest BCUT2D eigenvalue weighted by Crippen LogP contribution is -2.19. The molecule has 170 valence electrons. The van der Waals surface area contributed by atoms with E-state index in [1.54, 1.807) is 31.6 Å². The highest BCUT2D eigenvalue weighted by Crippen LogP contribution is 2.35. The predicted octanol–water partition coefficient (Wildman–Crippen LogP) is -0.0539. The van der Waals surface area contributed by atoms with Crippen LogP contribution in [0.25, 0.3) is 0 Å². The highest BCUT2D eigenvalue weighted by Gasteiger charge is 2.13. The van der Waals surface area contributed by atoms with Crippen molar-refractivity contribution in [3.63, 3.8) is 0 Å². The number of hydrazone groups is 1. The molecule has 30 heavy (non-hydrogen) atoms. The fourth-order valence-corrected chi connectivity index (χ4v) is 2.15. The lowest BCUT2D eigenvalue weighted by atomic mass is 10.1. The fourth-order valence-electron chi connectivity index (χ4n) is 1.79. The van der Waals surface area contributed by atoms with Crippen LogP contribution in [0.5, 0.6) is 23.0 Å². The van der Waals surface area contributed by atoms with E-state index in [0.29, 0.717) is 11.3 Å². The van der Waals surface area contributed by atoms with Crippen LogP contribution in [0.3, 0.4) is 0 Å². The summed E-state index contributed by atoms with van der Waals surface area (Å²) in [6.07, 6.45) is 3.28. The summed E-state index contributed by atoms with van der Waals surface area (Å²) in [6.45, 7) is 1.59. The van der Waals surface area contributed by atoms with Gasteiger partial charge < -0.3 is 36.9 Å². The molecule has 0 atom stereocenters. The number of aromatic hydroxyl groups is 4. The molecule has 13 heteroatoms. The zero-order valence-electron chi connectivity index (χ0n) is 16.2. The molecule has 2 aromatic carbocycles. The van der Waals surface area contributed by atoms with Crippen LogP contribution < -0.4 is 5.43 Å². The second-order valence-electron chi connectivity index (χ2n) is 5.40. The standard InChI is InChI=1S/C15H13BrN2O5.C2H6OS.3H2O/c1-7(10-6-9(16)2-3-11(10)19)17-18-15(23)8-4-12(20)14(22)13(21)5-8;1-4(2)3;;;/h2-6,19-22H,1H3,(H,18,23);1-2H3;3*1H2/b17-7+;;;;. The van der Waals surface area contributed by atoms with Gasteiger partial charge in [-0.1, -0.05) is 15.9 Å². The molecule has 0 heterocycles. The number of nitrogens with one attached hydrogen (secondary N) is 1. The second-order valence-corrected chi connectivity index (χ2v) is 7.80. The first-order valence-electron chi connectivity index (χ1n) is 7.36. The number of carbonyl (C=O) groups excluding carboxylic acids is 1. The van der Waals surface area contributed by atoms with Gasteiger partial charge in [0, 0.05) is 38.9 Å². The molecule has 0 saturated carbocycles. The van der Waals surface area contributed by atoms with Gasteiger partial charge in [0.25, 0.3) is 5.91 Å². The van der Waals surface area contributed by atoms with Crippen molar-refractivity contribution in [1.29, 1.82) is 0 Å². The molecule has 0 bridgehead atoms. The highest BCUT2D eigenvalue weighted by atomic mass is 79.9. The van der Waals surface area contributed by atoms with Gasteiger partial charge >= 0.3 is 0 Å². The summed E-state index contributed by atoms with van der Waals surface area (Å²) in [4.78, 5) is 12.0. The lowest BCUT2D eigenvalue weighted by Gasteiger charge is -2.07. The number of hydrogen-bond acceptors (Lipinski definition) is 7. The molecule has 1 amide bonds. The first-order chi connectivity index (χ1) is 12.5. The van der Waals surface area contributed by atoms with Gasteiger partial charge in [-0.3, -0.25) is 9.00 Å². The molecule has 0 radical (unpaired) electrons. The largest absolute Gasteiger partial charge is 0.507 e. The monoisotopic (exact) mass is 512 g/mol. The van der Waals surface area contributed by atoms with Gasteiger partial charge in [-0.05, 0) is 37.3 Å². The van der Waals surface area contributed by atoms with Gasteiger partial charge in [-0.25, -0.2) is 5.43 Å². The number of phenols is 4. The van der Waals surface area contributed by atoms with Crippen molar-refractivity contribution in [3.05, 3.63) is 45.9 Å². The van der Waals surface area contributed by atoms with Crippen molar-refractivity contribution in [3.8, 4) is 23.0 Å². The van der Waals surface area contributed by atoms with Crippen LogP contribution in [0.1, 0.15) is 22.8 Å².